The number of para-hydroxylation sites is 1. The van der Waals surface area contributed by atoms with Crippen LogP contribution in [0.2, 0.25) is 0 Å². The van der Waals surface area contributed by atoms with Gasteiger partial charge < -0.3 is 18.9 Å². The molecule has 0 amide bonds. The minimum atomic E-state index is -3.13. The van der Waals surface area contributed by atoms with Crippen LogP contribution in [0.25, 0.3) is 0 Å². The van der Waals surface area contributed by atoms with Crippen LogP contribution in [0.4, 0.5) is 17.1 Å². The van der Waals surface area contributed by atoms with Crippen LogP contribution in [-0.2, 0) is 4.57 Å². The Labute approximate surface area is 167 Å². The first kappa shape index (κ1) is 15.4. The van der Waals surface area contributed by atoms with Crippen molar-refractivity contribution in [3.8, 4) is 23.0 Å². The smallest absolute Gasteiger partial charge is 0.189 e. The fraction of sp³-hybridized carbons (Fsp3) is 0. The van der Waals surface area contributed by atoms with Crippen molar-refractivity contribution in [2.24, 2.45) is 0 Å². The lowest BCUT2D eigenvalue weighted by Gasteiger charge is -2.43. The van der Waals surface area contributed by atoms with Gasteiger partial charge in [0.05, 0.1) is 22.0 Å². The molecule has 0 spiro atoms. The Balaban J connectivity index is 1.68. The Morgan fingerprint density at radius 1 is 0.552 bits per heavy atom. The van der Waals surface area contributed by atoms with Gasteiger partial charge in [-0.05, 0) is 48.5 Å². The van der Waals surface area contributed by atoms with Gasteiger partial charge in [-0.15, -0.1) is 0 Å². The monoisotopic (exact) mass is 395 g/mol. The largest absolute Gasteiger partial charge is 0.456 e. The van der Waals surface area contributed by atoms with Crippen LogP contribution in [0.3, 0.4) is 0 Å². The first-order valence-corrected chi connectivity index (χ1v) is 11.2. The Kier molecular flexibility index (Phi) is 2.72. The molecule has 138 valence electrons. The molecule has 0 fully saturated rings. The summed E-state index contributed by atoms with van der Waals surface area (Å²) < 4.78 is 27.4. The van der Waals surface area contributed by atoms with E-state index in [1.165, 1.54) is 0 Å². The highest BCUT2D eigenvalue weighted by Crippen LogP contribution is 2.64. The lowest BCUT2D eigenvalue weighted by atomic mass is 10.1. The van der Waals surface area contributed by atoms with E-state index in [1.54, 1.807) is 0 Å². The number of nitrogens with zero attached hydrogens (tertiary/aromatic N) is 1. The van der Waals surface area contributed by atoms with E-state index in [4.69, 9.17) is 9.47 Å². The van der Waals surface area contributed by atoms with Crippen molar-refractivity contribution in [3.05, 3.63) is 84.9 Å². The lowest BCUT2D eigenvalue weighted by Crippen LogP contribution is -2.42. The highest BCUT2D eigenvalue weighted by molar-refractivity contribution is 7.87. The third kappa shape index (κ3) is 1.74. The molecule has 0 radical (unpaired) electrons. The first-order chi connectivity index (χ1) is 14.3. The predicted octanol–water partition coefficient (Wildman–Crippen LogP) is 5.32. The van der Waals surface area contributed by atoms with E-state index in [9.17, 15) is 4.57 Å². The van der Waals surface area contributed by atoms with Gasteiger partial charge >= 0.3 is 0 Å². The molecule has 4 aromatic carbocycles. The Bertz CT molecular complexity index is 1320. The van der Waals surface area contributed by atoms with Crippen LogP contribution in [0, 0.1) is 0 Å². The Hall–Kier alpha value is -3.49. The highest BCUT2D eigenvalue weighted by Gasteiger charge is 2.52. The third-order valence-electron chi connectivity index (χ3n) is 5.80. The molecule has 3 aliphatic rings. The molecule has 29 heavy (non-hydrogen) atoms. The van der Waals surface area contributed by atoms with Gasteiger partial charge in [-0.3, -0.25) is 0 Å². The zero-order valence-corrected chi connectivity index (χ0v) is 16.1. The van der Waals surface area contributed by atoms with Gasteiger partial charge in [0.2, 0.25) is 0 Å². The number of hydrogen-bond acceptors (Lipinski definition) is 4. The molecule has 0 saturated heterocycles. The summed E-state index contributed by atoms with van der Waals surface area (Å²) in [7, 11) is -3.13. The zero-order chi connectivity index (χ0) is 19.2. The molecule has 0 saturated carbocycles. The molecule has 3 heterocycles. The fourth-order valence-corrected chi connectivity index (χ4v) is 8.10. The van der Waals surface area contributed by atoms with E-state index in [0.29, 0.717) is 28.3 Å². The Morgan fingerprint density at radius 2 is 1.03 bits per heavy atom. The maximum atomic E-state index is 15.0. The number of anilines is 3. The molecule has 0 unspecified atom stereocenters. The van der Waals surface area contributed by atoms with Crippen molar-refractivity contribution in [2.45, 2.75) is 0 Å². The van der Waals surface area contributed by atoms with Crippen molar-refractivity contribution >= 4 is 40.1 Å². The molecule has 4 nitrogen and oxygen atoms in total. The van der Waals surface area contributed by atoms with Crippen molar-refractivity contribution in [1.82, 2.24) is 0 Å². The minimum Gasteiger partial charge on any atom is -0.456 e. The molecule has 0 aromatic heterocycles. The fourth-order valence-electron chi connectivity index (χ4n) is 4.71. The number of ether oxygens (including phenoxy) is 2. The van der Waals surface area contributed by atoms with Crippen molar-refractivity contribution in [1.29, 1.82) is 0 Å². The van der Waals surface area contributed by atoms with Crippen LogP contribution in [0.1, 0.15) is 0 Å². The lowest BCUT2D eigenvalue weighted by molar-refractivity contribution is 0.461. The zero-order valence-electron chi connectivity index (χ0n) is 15.2. The second-order valence-electron chi connectivity index (χ2n) is 7.34. The van der Waals surface area contributed by atoms with Gasteiger partial charge in [-0.25, -0.2) is 0 Å². The number of hydrogen-bond donors (Lipinski definition) is 0. The molecular weight excluding hydrogens is 381 g/mol. The van der Waals surface area contributed by atoms with E-state index >= 15 is 0 Å². The average molecular weight is 395 g/mol. The second kappa shape index (κ2) is 5.11. The average Bonchev–Trinajstić information content (AvgIpc) is 2.74. The maximum absolute atomic E-state index is 15.0. The molecule has 3 aliphatic heterocycles. The van der Waals surface area contributed by atoms with E-state index in [-0.39, 0.29) is 0 Å². The van der Waals surface area contributed by atoms with Gasteiger partial charge in [-0.1, -0.05) is 36.4 Å². The molecule has 4 aromatic rings. The van der Waals surface area contributed by atoms with Gasteiger partial charge in [0.15, 0.2) is 7.14 Å². The van der Waals surface area contributed by atoms with Crippen LogP contribution in [0.15, 0.2) is 84.9 Å². The molecule has 0 N–H and O–H groups in total. The van der Waals surface area contributed by atoms with E-state index in [0.717, 1.165) is 27.7 Å². The van der Waals surface area contributed by atoms with Gasteiger partial charge in [-0.2, -0.15) is 0 Å². The third-order valence-corrected chi connectivity index (χ3v) is 9.03. The van der Waals surface area contributed by atoms with Crippen LogP contribution >= 0.6 is 7.14 Å². The number of benzene rings is 4. The summed E-state index contributed by atoms with van der Waals surface area (Å²) in [5, 5.41) is 2.19. The summed E-state index contributed by atoms with van der Waals surface area (Å²) in [6.07, 6.45) is 0. The van der Waals surface area contributed by atoms with Crippen molar-refractivity contribution < 1.29 is 14.0 Å². The SMILES string of the molecule is O=P12c3c4cccc3Oc3cccc(c31)N(c1ccccc1)c1cccc(c12)O4. The normalized spacial score (nSPS) is 15.8. The summed E-state index contributed by atoms with van der Waals surface area (Å²) in [6, 6.07) is 27.5. The molecular formula is C24H14NO3P. The van der Waals surface area contributed by atoms with Crippen molar-refractivity contribution in [3.63, 3.8) is 0 Å². The summed E-state index contributed by atoms with van der Waals surface area (Å²) in [5.41, 5.74) is 2.79. The van der Waals surface area contributed by atoms with Gasteiger partial charge in [0.25, 0.3) is 0 Å². The second-order valence-corrected chi connectivity index (χ2v) is 9.90. The minimum absolute atomic E-state index is 0.615. The van der Waals surface area contributed by atoms with E-state index in [2.05, 4.69) is 17.0 Å². The highest BCUT2D eigenvalue weighted by atomic mass is 31.2. The molecule has 0 atom stereocenters. The van der Waals surface area contributed by atoms with Crippen LogP contribution < -0.4 is 30.3 Å². The van der Waals surface area contributed by atoms with E-state index < -0.39 is 7.14 Å². The molecule has 7 rings (SSSR count). The Morgan fingerprint density at radius 3 is 1.59 bits per heavy atom. The summed E-state index contributed by atoms with van der Waals surface area (Å²) in [4.78, 5) is 2.15. The van der Waals surface area contributed by atoms with Crippen LogP contribution in [0.5, 0.6) is 23.0 Å². The summed E-state index contributed by atoms with van der Waals surface area (Å²) in [5.74, 6) is 2.53. The molecule has 0 bridgehead atoms. The first-order valence-electron chi connectivity index (χ1n) is 9.48. The number of rotatable bonds is 1. The van der Waals surface area contributed by atoms with E-state index in [1.807, 2.05) is 72.8 Å². The predicted molar refractivity (Wildman–Crippen MR) is 114 cm³/mol. The van der Waals surface area contributed by atoms with Gasteiger partial charge in [0.1, 0.15) is 28.3 Å². The maximum Gasteiger partial charge on any atom is 0.189 e. The quantitative estimate of drug-likeness (QED) is 0.353. The van der Waals surface area contributed by atoms with Gasteiger partial charge in [0, 0.05) is 5.69 Å². The molecule has 0 aliphatic carbocycles. The molecule has 5 heteroatoms. The topological polar surface area (TPSA) is 38.8 Å². The standard InChI is InChI=1S/C24H14NO3P/c26-29-22-16-9-4-11-18(22)27-20-13-6-14-21(24(20)29)28-19-12-5-10-17(23(19)29)25(16)15-7-2-1-3-8-15/h1-14H. The van der Waals surface area contributed by atoms with Crippen molar-refractivity contribution in [2.75, 3.05) is 4.90 Å². The summed E-state index contributed by atoms with van der Waals surface area (Å²) >= 11 is 0. The summed E-state index contributed by atoms with van der Waals surface area (Å²) in [6.45, 7) is 0. The van der Waals surface area contributed by atoms with Crippen LogP contribution in [-0.4, -0.2) is 0 Å².